The number of carbonyl (C=O) groups excluding carboxylic acids is 1. The molecule has 0 aromatic heterocycles. The van der Waals surface area contributed by atoms with Crippen molar-refractivity contribution in [1.82, 2.24) is 5.32 Å². The zero-order valence-electron chi connectivity index (χ0n) is 11.6. The van der Waals surface area contributed by atoms with Crippen molar-refractivity contribution in [2.75, 3.05) is 19.8 Å². The van der Waals surface area contributed by atoms with Gasteiger partial charge in [-0.05, 0) is 37.5 Å². The summed E-state index contributed by atoms with van der Waals surface area (Å²) in [5.74, 6) is 5.33. The Morgan fingerprint density at radius 1 is 1.55 bits per heavy atom. The largest absolute Gasteiger partial charge is 0.384 e. The molecule has 1 unspecified atom stereocenters. The number of rotatable bonds is 3. The molecule has 1 aliphatic rings. The number of hydrogen-bond donors (Lipinski definition) is 2. The highest BCUT2D eigenvalue weighted by Crippen LogP contribution is 2.12. The molecule has 20 heavy (non-hydrogen) atoms. The Morgan fingerprint density at radius 2 is 2.40 bits per heavy atom. The Kier molecular flexibility index (Phi) is 5.16. The fraction of sp³-hybridized carbons (Fsp3) is 0.438. The first-order chi connectivity index (χ1) is 9.70. The molecule has 1 aromatic carbocycles. The van der Waals surface area contributed by atoms with Crippen LogP contribution < -0.4 is 5.32 Å². The van der Waals surface area contributed by atoms with Gasteiger partial charge in [-0.15, -0.1) is 0 Å². The van der Waals surface area contributed by atoms with Crippen LogP contribution in [0.25, 0.3) is 0 Å². The minimum Gasteiger partial charge on any atom is -0.384 e. The third-order valence-electron chi connectivity index (χ3n) is 3.32. The molecule has 1 fully saturated rings. The molecule has 0 spiro atoms. The summed E-state index contributed by atoms with van der Waals surface area (Å²) in [7, 11) is 0. The van der Waals surface area contributed by atoms with Crippen molar-refractivity contribution in [3.8, 4) is 11.8 Å². The molecule has 2 N–H and O–H groups in total. The Bertz CT molecular complexity index is 536. The zero-order valence-corrected chi connectivity index (χ0v) is 11.6. The van der Waals surface area contributed by atoms with Gasteiger partial charge in [0, 0.05) is 24.3 Å². The van der Waals surface area contributed by atoms with Gasteiger partial charge in [-0.25, -0.2) is 0 Å². The van der Waals surface area contributed by atoms with E-state index < -0.39 is 0 Å². The lowest BCUT2D eigenvalue weighted by molar-refractivity contribution is 0.0858. The van der Waals surface area contributed by atoms with Crippen molar-refractivity contribution in [2.45, 2.75) is 25.9 Å². The molecular weight excluding hydrogens is 254 g/mol. The molecule has 0 aliphatic carbocycles. The highest BCUT2D eigenvalue weighted by atomic mass is 16.5. The van der Waals surface area contributed by atoms with E-state index in [0.717, 1.165) is 30.6 Å². The summed E-state index contributed by atoms with van der Waals surface area (Å²) >= 11 is 0. The lowest BCUT2D eigenvalue weighted by Crippen LogP contribution is -2.31. The van der Waals surface area contributed by atoms with Gasteiger partial charge >= 0.3 is 0 Å². The molecular formula is C16H19NO3. The molecule has 0 bridgehead atoms. The molecule has 0 radical (unpaired) electrons. The molecule has 106 valence electrons. The fourth-order valence-electron chi connectivity index (χ4n) is 2.15. The lowest BCUT2D eigenvalue weighted by atomic mass is 10.0. The standard InChI is InChI=1S/C16H19NO3/c1-12-6-7-14(10-13(12)4-2-8-18)16(19)17-11-15-5-3-9-20-15/h6-7,10,15,18H,3,5,8-9,11H2,1H3,(H,17,19). The third kappa shape index (κ3) is 3.83. The maximum Gasteiger partial charge on any atom is 0.251 e. The first-order valence-electron chi connectivity index (χ1n) is 6.81. The fourth-order valence-corrected chi connectivity index (χ4v) is 2.15. The van der Waals surface area contributed by atoms with Gasteiger partial charge < -0.3 is 15.2 Å². The number of carbonyl (C=O) groups is 1. The van der Waals surface area contributed by atoms with Crippen LogP contribution in [0.5, 0.6) is 0 Å². The summed E-state index contributed by atoms with van der Waals surface area (Å²) in [5, 5.41) is 11.6. The molecule has 4 nitrogen and oxygen atoms in total. The van der Waals surface area contributed by atoms with Crippen LogP contribution in [0, 0.1) is 18.8 Å². The van der Waals surface area contributed by atoms with Gasteiger partial charge in [-0.3, -0.25) is 4.79 Å². The summed E-state index contributed by atoms with van der Waals surface area (Å²) in [6.45, 7) is 3.07. The van der Waals surface area contributed by atoms with Crippen LogP contribution in [0.1, 0.15) is 34.3 Å². The normalized spacial score (nSPS) is 17.4. The predicted molar refractivity (Wildman–Crippen MR) is 76.5 cm³/mol. The lowest BCUT2D eigenvalue weighted by Gasteiger charge is -2.11. The van der Waals surface area contributed by atoms with Crippen LogP contribution in [-0.4, -0.2) is 36.9 Å². The minimum absolute atomic E-state index is 0.118. The van der Waals surface area contributed by atoms with E-state index in [1.54, 1.807) is 12.1 Å². The van der Waals surface area contributed by atoms with E-state index in [0.29, 0.717) is 12.1 Å². The predicted octanol–water partition coefficient (Wildman–Crippen LogP) is 1.25. The number of amides is 1. The second-order valence-corrected chi connectivity index (χ2v) is 4.83. The van der Waals surface area contributed by atoms with Crippen LogP contribution in [0.3, 0.4) is 0 Å². The van der Waals surface area contributed by atoms with E-state index in [4.69, 9.17) is 9.84 Å². The van der Waals surface area contributed by atoms with Gasteiger partial charge in [0.25, 0.3) is 5.91 Å². The zero-order chi connectivity index (χ0) is 14.4. The molecule has 0 saturated carbocycles. The molecule has 1 aliphatic heterocycles. The van der Waals surface area contributed by atoms with Gasteiger partial charge in [0.2, 0.25) is 0 Å². The summed E-state index contributed by atoms with van der Waals surface area (Å²) in [5.41, 5.74) is 2.33. The number of aliphatic hydroxyl groups excluding tert-OH is 1. The van der Waals surface area contributed by atoms with E-state index >= 15 is 0 Å². The van der Waals surface area contributed by atoms with Crippen LogP contribution >= 0.6 is 0 Å². The summed E-state index contributed by atoms with van der Waals surface area (Å²) < 4.78 is 5.47. The molecule has 1 atom stereocenters. The van der Waals surface area contributed by atoms with E-state index in [1.807, 2.05) is 13.0 Å². The molecule has 1 saturated heterocycles. The number of aryl methyl sites for hydroxylation is 1. The van der Waals surface area contributed by atoms with Crippen molar-refractivity contribution >= 4 is 5.91 Å². The van der Waals surface area contributed by atoms with Crippen molar-refractivity contribution in [1.29, 1.82) is 0 Å². The quantitative estimate of drug-likeness (QED) is 0.815. The summed E-state index contributed by atoms with van der Waals surface area (Å²) in [6, 6.07) is 5.40. The van der Waals surface area contributed by atoms with Crippen molar-refractivity contribution in [3.63, 3.8) is 0 Å². The van der Waals surface area contributed by atoms with Crippen molar-refractivity contribution < 1.29 is 14.6 Å². The Labute approximate surface area is 119 Å². The maximum absolute atomic E-state index is 12.1. The second kappa shape index (κ2) is 7.09. The molecule has 4 heteroatoms. The Balaban J connectivity index is 2.01. The van der Waals surface area contributed by atoms with E-state index in [2.05, 4.69) is 17.2 Å². The average molecular weight is 273 g/mol. The van der Waals surface area contributed by atoms with Crippen LogP contribution in [-0.2, 0) is 4.74 Å². The summed E-state index contributed by atoms with van der Waals surface area (Å²) in [4.78, 5) is 12.1. The maximum atomic E-state index is 12.1. The minimum atomic E-state index is -0.186. The molecule has 2 rings (SSSR count). The SMILES string of the molecule is Cc1ccc(C(=O)NCC2CCCO2)cc1C#CCO. The van der Waals surface area contributed by atoms with Gasteiger partial charge in [0.1, 0.15) is 6.61 Å². The Hall–Kier alpha value is -1.83. The van der Waals surface area contributed by atoms with E-state index in [1.165, 1.54) is 0 Å². The molecule has 1 aromatic rings. The number of benzene rings is 1. The topological polar surface area (TPSA) is 58.6 Å². The van der Waals surface area contributed by atoms with Crippen LogP contribution in [0.4, 0.5) is 0 Å². The van der Waals surface area contributed by atoms with Crippen molar-refractivity contribution in [2.24, 2.45) is 0 Å². The monoisotopic (exact) mass is 273 g/mol. The van der Waals surface area contributed by atoms with E-state index in [-0.39, 0.29) is 18.6 Å². The average Bonchev–Trinajstić information content (AvgIpc) is 2.97. The van der Waals surface area contributed by atoms with Crippen LogP contribution in [0.15, 0.2) is 18.2 Å². The summed E-state index contributed by atoms with van der Waals surface area (Å²) in [6.07, 6.45) is 2.20. The second-order valence-electron chi connectivity index (χ2n) is 4.83. The van der Waals surface area contributed by atoms with Gasteiger partial charge in [0.05, 0.1) is 6.10 Å². The molecule has 1 amide bonds. The third-order valence-corrected chi connectivity index (χ3v) is 3.32. The first kappa shape index (κ1) is 14.6. The van der Waals surface area contributed by atoms with Crippen LogP contribution in [0.2, 0.25) is 0 Å². The van der Waals surface area contributed by atoms with Gasteiger partial charge in [-0.1, -0.05) is 17.9 Å². The van der Waals surface area contributed by atoms with Crippen molar-refractivity contribution in [3.05, 3.63) is 34.9 Å². The number of nitrogens with one attached hydrogen (secondary N) is 1. The number of hydrogen-bond acceptors (Lipinski definition) is 3. The first-order valence-corrected chi connectivity index (χ1v) is 6.81. The highest BCUT2D eigenvalue weighted by Gasteiger charge is 2.16. The molecule has 1 heterocycles. The van der Waals surface area contributed by atoms with Gasteiger partial charge in [0.15, 0.2) is 0 Å². The smallest absolute Gasteiger partial charge is 0.251 e. The van der Waals surface area contributed by atoms with E-state index in [9.17, 15) is 4.79 Å². The van der Waals surface area contributed by atoms with Gasteiger partial charge in [-0.2, -0.15) is 0 Å². The highest BCUT2D eigenvalue weighted by molar-refractivity contribution is 5.94. The number of aliphatic hydroxyl groups is 1. The Morgan fingerprint density at radius 3 is 3.10 bits per heavy atom. The number of ether oxygens (including phenoxy) is 1.